The van der Waals surface area contributed by atoms with Crippen LogP contribution in [0.15, 0.2) is 42.5 Å². The maximum atomic E-state index is 12.9. The SMILES string of the molecule is CCCCCCCCCCCCOC(=O)c1ccc2c(c1)C(=O)N(c1cccc(C)c1)C2=O. The van der Waals surface area contributed by atoms with Gasteiger partial charge in [0.2, 0.25) is 0 Å². The van der Waals surface area contributed by atoms with E-state index < -0.39 is 11.9 Å². The van der Waals surface area contributed by atoms with Crippen LogP contribution in [0.3, 0.4) is 0 Å². The maximum absolute atomic E-state index is 12.9. The fraction of sp³-hybridized carbons (Fsp3) is 0.464. The maximum Gasteiger partial charge on any atom is 0.338 e. The molecule has 1 aliphatic heterocycles. The number of carbonyl (C=O) groups is 3. The van der Waals surface area contributed by atoms with E-state index in [2.05, 4.69) is 6.92 Å². The van der Waals surface area contributed by atoms with Crippen LogP contribution in [-0.4, -0.2) is 24.4 Å². The molecule has 0 fully saturated rings. The van der Waals surface area contributed by atoms with E-state index in [1.807, 2.05) is 19.1 Å². The third-order valence-corrected chi connectivity index (χ3v) is 6.11. The van der Waals surface area contributed by atoms with Crippen LogP contribution in [0.25, 0.3) is 0 Å². The number of rotatable bonds is 13. The lowest BCUT2D eigenvalue weighted by Crippen LogP contribution is -2.29. The molecule has 0 radical (unpaired) electrons. The number of unbranched alkanes of at least 4 members (excludes halogenated alkanes) is 9. The van der Waals surface area contributed by atoms with Crippen LogP contribution in [0.2, 0.25) is 0 Å². The van der Waals surface area contributed by atoms with Gasteiger partial charge in [-0.25, -0.2) is 9.69 Å². The molecule has 5 heteroatoms. The van der Waals surface area contributed by atoms with Crippen molar-refractivity contribution in [3.63, 3.8) is 0 Å². The Morgan fingerprint density at radius 3 is 2.09 bits per heavy atom. The van der Waals surface area contributed by atoms with Gasteiger partial charge in [0.15, 0.2) is 0 Å². The molecule has 1 heterocycles. The minimum absolute atomic E-state index is 0.245. The Labute approximate surface area is 197 Å². The van der Waals surface area contributed by atoms with Crippen molar-refractivity contribution in [2.45, 2.75) is 78.1 Å². The van der Waals surface area contributed by atoms with E-state index in [1.54, 1.807) is 24.3 Å². The second-order valence-corrected chi connectivity index (χ2v) is 8.86. The Morgan fingerprint density at radius 2 is 1.42 bits per heavy atom. The Kier molecular flexibility index (Phi) is 9.23. The number of amides is 2. The van der Waals surface area contributed by atoms with Crippen molar-refractivity contribution in [3.8, 4) is 0 Å². The van der Waals surface area contributed by atoms with Gasteiger partial charge in [-0.15, -0.1) is 0 Å². The van der Waals surface area contributed by atoms with E-state index in [9.17, 15) is 14.4 Å². The van der Waals surface area contributed by atoms with E-state index in [1.165, 1.54) is 51.0 Å². The number of hydrogen-bond acceptors (Lipinski definition) is 4. The molecular formula is C28H35NO4. The number of aryl methyl sites for hydroxylation is 1. The molecule has 0 spiro atoms. The molecule has 0 aliphatic carbocycles. The van der Waals surface area contributed by atoms with Gasteiger partial charge in [-0.3, -0.25) is 9.59 Å². The summed E-state index contributed by atoms with van der Waals surface area (Å²) in [5.74, 6) is -1.24. The van der Waals surface area contributed by atoms with E-state index in [-0.39, 0.29) is 11.5 Å². The van der Waals surface area contributed by atoms with Crippen LogP contribution >= 0.6 is 0 Å². The molecule has 2 amide bonds. The minimum Gasteiger partial charge on any atom is -0.462 e. The summed E-state index contributed by atoms with van der Waals surface area (Å²) in [7, 11) is 0. The zero-order valence-electron chi connectivity index (χ0n) is 19.9. The first-order valence-electron chi connectivity index (χ1n) is 12.3. The summed E-state index contributed by atoms with van der Waals surface area (Å²) < 4.78 is 5.40. The van der Waals surface area contributed by atoms with Crippen LogP contribution in [-0.2, 0) is 4.74 Å². The largest absolute Gasteiger partial charge is 0.462 e. The molecule has 1 aliphatic rings. The summed E-state index contributed by atoms with van der Waals surface area (Å²) in [6, 6.07) is 11.8. The van der Waals surface area contributed by atoms with Crippen LogP contribution in [0.1, 0.15) is 108 Å². The molecule has 176 valence electrons. The molecule has 5 nitrogen and oxygen atoms in total. The van der Waals surface area contributed by atoms with Gasteiger partial charge in [-0.05, 0) is 49.2 Å². The number of esters is 1. The van der Waals surface area contributed by atoms with Gasteiger partial charge >= 0.3 is 5.97 Å². The second-order valence-electron chi connectivity index (χ2n) is 8.86. The molecule has 0 saturated heterocycles. The zero-order valence-corrected chi connectivity index (χ0v) is 19.9. The van der Waals surface area contributed by atoms with E-state index in [4.69, 9.17) is 4.74 Å². The standard InChI is InChI=1S/C28H35NO4/c1-3-4-5-6-7-8-9-10-11-12-18-33-28(32)22-16-17-24-25(20-22)27(31)29(26(24)30)23-15-13-14-21(2)19-23/h13-17,19-20H,3-12,18H2,1-2H3. The Morgan fingerprint density at radius 1 is 0.788 bits per heavy atom. The molecule has 33 heavy (non-hydrogen) atoms. The first-order chi connectivity index (χ1) is 16.0. The summed E-state index contributed by atoms with van der Waals surface area (Å²) in [6.45, 7) is 4.51. The van der Waals surface area contributed by atoms with Gasteiger partial charge in [-0.2, -0.15) is 0 Å². The molecule has 2 aromatic rings. The molecule has 0 atom stereocenters. The van der Waals surface area contributed by atoms with E-state index >= 15 is 0 Å². The number of anilines is 1. The molecule has 0 aromatic heterocycles. The molecule has 0 unspecified atom stereocenters. The summed E-state index contributed by atoms with van der Waals surface area (Å²) in [5.41, 5.74) is 2.35. The lowest BCUT2D eigenvalue weighted by Gasteiger charge is -2.14. The number of benzene rings is 2. The smallest absolute Gasteiger partial charge is 0.338 e. The van der Waals surface area contributed by atoms with Crippen molar-refractivity contribution in [3.05, 3.63) is 64.7 Å². The number of fused-ring (bicyclic) bond motifs is 1. The van der Waals surface area contributed by atoms with Gasteiger partial charge < -0.3 is 4.74 Å². The van der Waals surface area contributed by atoms with Crippen molar-refractivity contribution in [2.75, 3.05) is 11.5 Å². The van der Waals surface area contributed by atoms with Crippen LogP contribution in [0, 0.1) is 6.92 Å². The Bertz CT molecular complexity index is 982. The average Bonchev–Trinajstić information content (AvgIpc) is 3.06. The lowest BCUT2D eigenvalue weighted by molar-refractivity contribution is 0.0497. The highest BCUT2D eigenvalue weighted by atomic mass is 16.5. The highest BCUT2D eigenvalue weighted by molar-refractivity contribution is 6.34. The number of ether oxygens (including phenoxy) is 1. The second kappa shape index (κ2) is 12.3. The number of nitrogens with zero attached hydrogens (tertiary/aromatic N) is 1. The van der Waals surface area contributed by atoms with Gasteiger partial charge in [0.1, 0.15) is 0 Å². The predicted molar refractivity (Wildman–Crippen MR) is 131 cm³/mol. The monoisotopic (exact) mass is 449 g/mol. The van der Waals surface area contributed by atoms with Crippen molar-refractivity contribution < 1.29 is 19.1 Å². The molecule has 2 aromatic carbocycles. The van der Waals surface area contributed by atoms with Gasteiger partial charge in [0.05, 0.1) is 29.0 Å². The Balaban J connectivity index is 1.45. The van der Waals surface area contributed by atoms with Gasteiger partial charge in [0.25, 0.3) is 11.8 Å². The lowest BCUT2D eigenvalue weighted by atomic mass is 10.1. The number of hydrogen-bond donors (Lipinski definition) is 0. The van der Waals surface area contributed by atoms with Crippen LogP contribution in [0.4, 0.5) is 5.69 Å². The van der Waals surface area contributed by atoms with Crippen molar-refractivity contribution in [2.24, 2.45) is 0 Å². The van der Waals surface area contributed by atoms with E-state index in [0.29, 0.717) is 23.4 Å². The third-order valence-electron chi connectivity index (χ3n) is 6.11. The summed E-state index contributed by atoms with van der Waals surface area (Å²) in [4.78, 5) is 39.3. The van der Waals surface area contributed by atoms with Crippen molar-refractivity contribution in [1.82, 2.24) is 0 Å². The molecule has 0 bridgehead atoms. The predicted octanol–water partition coefficient (Wildman–Crippen LogP) is 6.87. The topological polar surface area (TPSA) is 63.7 Å². The highest BCUT2D eigenvalue weighted by Crippen LogP contribution is 2.29. The van der Waals surface area contributed by atoms with Crippen LogP contribution < -0.4 is 4.90 Å². The quantitative estimate of drug-likeness (QED) is 0.190. The highest BCUT2D eigenvalue weighted by Gasteiger charge is 2.37. The minimum atomic E-state index is -0.456. The zero-order chi connectivity index (χ0) is 23.6. The fourth-order valence-corrected chi connectivity index (χ4v) is 4.21. The normalized spacial score (nSPS) is 12.8. The summed E-state index contributed by atoms with van der Waals surface area (Å²) in [5, 5.41) is 0. The molecule has 3 rings (SSSR count). The Hall–Kier alpha value is -2.95. The average molecular weight is 450 g/mol. The number of carbonyl (C=O) groups excluding carboxylic acids is 3. The van der Waals surface area contributed by atoms with Gasteiger partial charge in [-0.1, -0.05) is 76.8 Å². The molecule has 0 N–H and O–H groups in total. The summed E-state index contributed by atoms with van der Waals surface area (Å²) in [6.07, 6.45) is 12.2. The summed E-state index contributed by atoms with van der Waals surface area (Å²) >= 11 is 0. The third kappa shape index (κ3) is 6.53. The van der Waals surface area contributed by atoms with Crippen molar-refractivity contribution in [1.29, 1.82) is 0 Å². The van der Waals surface area contributed by atoms with E-state index in [0.717, 1.165) is 29.7 Å². The molecule has 0 saturated carbocycles. The fourth-order valence-electron chi connectivity index (χ4n) is 4.21. The van der Waals surface area contributed by atoms with Gasteiger partial charge in [0, 0.05) is 0 Å². The van der Waals surface area contributed by atoms with Crippen molar-refractivity contribution >= 4 is 23.5 Å². The molecular weight excluding hydrogens is 414 g/mol. The first kappa shape index (κ1) is 24.7. The van der Waals surface area contributed by atoms with Crippen LogP contribution in [0.5, 0.6) is 0 Å². The first-order valence-corrected chi connectivity index (χ1v) is 12.3. The number of imide groups is 1.